The van der Waals surface area contributed by atoms with E-state index in [2.05, 4.69) is 10.3 Å². The van der Waals surface area contributed by atoms with Gasteiger partial charge in [-0.05, 0) is 25.0 Å². The molecule has 4 unspecified atom stereocenters. The first-order valence-corrected chi connectivity index (χ1v) is 6.68. The normalized spacial score (nSPS) is 29.2. The van der Waals surface area contributed by atoms with Crippen molar-refractivity contribution < 1.29 is 22.4 Å². The highest BCUT2D eigenvalue weighted by Crippen LogP contribution is 2.31. The van der Waals surface area contributed by atoms with E-state index in [0.717, 1.165) is 12.3 Å². The number of nitrogens with two attached hydrogens (primary N) is 2. The van der Waals surface area contributed by atoms with Gasteiger partial charge >= 0.3 is 6.18 Å². The number of rotatable bonds is 2. The van der Waals surface area contributed by atoms with Crippen molar-refractivity contribution in [3.63, 3.8) is 0 Å². The first kappa shape index (κ1) is 16.6. The van der Waals surface area contributed by atoms with E-state index in [0.29, 0.717) is 6.07 Å². The van der Waals surface area contributed by atoms with Crippen molar-refractivity contribution in [1.82, 2.24) is 4.98 Å². The van der Waals surface area contributed by atoms with Crippen molar-refractivity contribution in [2.45, 2.75) is 37.3 Å². The molecule has 1 fully saturated rings. The largest absolute Gasteiger partial charge is 0.416 e. The van der Waals surface area contributed by atoms with Crippen LogP contribution in [0.3, 0.4) is 0 Å². The lowest BCUT2D eigenvalue weighted by Gasteiger charge is -2.33. The summed E-state index contributed by atoms with van der Waals surface area (Å²) in [5.74, 6) is -2.08. The Balaban J connectivity index is 2.09. The molecule has 0 bridgehead atoms. The molecule has 2 rings (SSSR count). The third-order valence-corrected chi connectivity index (χ3v) is 3.69. The zero-order chi connectivity index (χ0) is 16.5. The minimum absolute atomic E-state index is 0.0348. The minimum Gasteiger partial charge on any atom is -0.326 e. The number of amides is 1. The Labute approximate surface area is 124 Å². The fraction of sp³-hybridized carbons (Fsp3) is 0.538. The molecule has 9 heteroatoms. The Bertz CT molecular complexity index is 551. The van der Waals surface area contributed by atoms with Gasteiger partial charge in [-0.3, -0.25) is 4.79 Å². The van der Waals surface area contributed by atoms with Crippen LogP contribution in [0.5, 0.6) is 0 Å². The third kappa shape index (κ3) is 3.72. The topological polar surface area (TPSA) is 94.0 Å². The maximum atomic E-state index is 13.9. The Morgan fingerprint density at radius 3 is 2.55 bits per heavy atom. The summed E-state index contributed by atoms with van der Waals surface area (Å²) in [7, 11) is 0. The number of nitrogens with zero attached hydrogens (tertiary/aromatic N) is 1. The molecule has 0 spiro atoms. The van der Waals surface area contributed by atoms with Gasteiger partial charge in [-0.25, -0.2) is 9.37 Å². The van der Waals surface area contributed by atoms with Crippen LogP contribution in [0, 0.1) is 5.92 Å². The van der Waals surface area contributed by atoms with E-state index in [9.17, 15) is 22.4 Å². The van der Waals surface area contributed by atoms with Crippen LogP contribution in [0.4, 0.5) is 23.4 Å². The molecule has 0 aromatic carbocycles. The van der Waals surface area contributed by atoms with E-state index in [1.807, 2.05) is 0 Å². The number of carbonyl (C=O) groups excluding carboxylic acids is 1. The Morgan fingerprint density at radius 1 is 1.27 bits per heavy atom. The van der Waals surface area contributed by atoms with Crippen LogP contribution in [-0.4, -0.2) is 29.1 Å². The number of hydrogen-bond acceptors (Lipinski definition) is 4. The number of alkyl halides is 4. The number of anilines is 1. The highest BCUT2D eigenvalue weighted by Gasteiger charge is 2.38. The molecule has 1 amide bonds. The van der Waals surface area contributed by atoms with Crippen molar-refractivity contribution in [1.29, 1.82) is 0 Å². The summed E-state index contributed by atoms with van der Waals surface area (Å²) in [6, 6.07) is 0.408. The SMILES string of the molecule is NC1CC(F)C(C(=O)Nc2cc(C(F)(F)F)ccn2)CC1N. The lowest BCUT2D eigenvalue weighted by atomic mass is 9.81. The molecular formula is C13H16F4N4O. The van der Waals surface area contributed by atoms with Gasteiger partial charge in [-0.2, -0.15) is 13.2 Å². The van der Waals surface area contributed by atoms with Crippen LogP contribution in [0.1, 0.15) is 18.4 Å². The highest BCUT2D eigenvalue weighted by molar-refractivity contribution is 5.92. The Morgan fingerprint density at radius 2 is 1.91 bits per heavy atom. The molecule has 1 aromatic rings. The summed E-state index contributed by atoms with van der Waals surface area (Å²) in [5.41, 5.74) is 10.4. The maximum Gasteiger partial charge on any atom is 0.416 e. The van der Waals surface area contributed by atoms with Gasteiger partial charge in [0.2, 0.25) is 5.91 Å². The summed E-state index contributed by atoms with van der Waals surface area (Å²) in [6.07, 6.45) is -5.14. The Kier molecular flexibility index (Phi) is 4.66. The van der Waals surface area contributed by atoms with Crippen molar-refractivity contribution in [3.05, 3.63) is 23.9 Å². The second-order valence-electron chi connectivity index (χ2n) is 5.34. The first-order valence-electron chi connectivity index (χ1n) is 6.68. The van der Waals surface area contributed by atoms with E-state index in [1.54, 1.807) is 0 Å². The molecule has 5 nitrogen and oxygen atoms in total. The number of nitrogens with one attached hydrogen (secondary N) is 1. The molecule has 5 N–H and O–H groups in total. The van der Waals surface area contributed by atoms with Crippen molar-refractivity contribution in [2.24, 2.45) is 17.4 Å². The van der Waals surface area contributed by atoms with Crippen LogP contribution < -0.4 is 16.8 Å². The maximum absolute atomic E-state index is 13.9. The molecule has 1 aliphatic carbocycles. The number of aromatic nitrogens is 1. The molecule has 0 aliphatic heterocycles. The number of halogens is 4. The van der Waals surface area contributed by atoms with Gasteiger partial charge in [0.15, 0.2) is 0 Å². The quantitative estimate of drug-likeness (QED) is 0.719. The van der Waals surface area contributed by atoms with Crippen LogP contribution >= 0.6 is 0 Å². The van der Waals surface area contributed by atoms with Crippen LogP contribution in [-0.2, 0) is 11.0 Å². The monoisotopic (exact) mass is 320 g/mol. The zero-order valence-electron chi connectivity index (χ0n) is 11.5. The van der Waals surface area contributed by atoms with E-state index in [-0.39, 0.29) is 18.7 Å². The first-order chi connectivity index (χ1) is 10.2. The van der Waals surface area contributed by atoms with Gasteiger partial charge in [0.25, 0.3) is 0 Å². The summed E-state index contributed by atoms with van der Waals surface area (Å²) >= 11 is 0. The predicted octanol–water partition coefficient (Wildman–Crippen LogP) is 1.44. The molecule has 1 heterocycles. The van der Waals surface area contributed by atoms with Crippen molar-refractivity contribution in [3.8, 4) is 0 Å². The van der Waals surface area contributed by atoms with Gasteiger partial charge in [0.1, 0.15) is 12.0 Å². The molecule has 4 atom stereocenters. The zero-order valence-corrected chi connectivity index (χ0v) is 11.5. The van der Waals surface area contributed by atoms with E-state index < -0.39 is 41.8 Å². The summed E-state index contributed by atoms with van der Waals surface area (Å²) in [5, 5.41) is 2.20. The molecule has 22 heavy (non-hydrogen) atoms. The van der Waals surface area contributed by atoms with Gasteiger partial charge < -0.3 is 16.8 Å². The lowest BCUT2D eigenvalue weighted by molar-refractivity contribution is -0.137. The lowest BCUT2D eigenvalue weighted by Crippen LogP contribution is -2.52. The van der Waals surface area contributed by atoms with Gasteiger partial charge in [-0.15, -0.1) is 0 Å². The molecule has 1 aliphatic rings. The fourth-order valence-electron chi connectivity index (χ4n) is 2.38. The smallest absolute Gasteiger partial charge is 0.326 e. The minimum atomic E-state index is -4.55. The average molecular weight is 320 g/mol. The molecule has 0 saturated heterocycles. The predicted molar refractivity (Wildman–Crippen MR) is 71.4 cm³/mol. The summed E-state index contributed by atoms with van der Waals surface area (Å²) < 4.78 is 51.7. The van der Waals surface area contributed by atoms with E-state index in [1.165, 1.54) is 0 Å². The highest BCUT2D eigenvalue weighted by atomic mass is 19.4. The summed E-state index contributed by atoms with van der Waals surface area (Å²) in [6.45, 7) is 0. The van der Waals surface area contributed by atoms with Gasteiger partial charge in [0, 0.05) is 18.3 Å². The molecule has 1 saturated carbocycles. The number of hydrogen-bond donors (Lipinski definition) is 3. The fourth-order valence-corrected chi connectivity index (χ4v) is 2.38. The summed E-state index contributed by atoms with van der Waals surface area (Å²) in [4.78, 5) is 15.7. The standard InChI is InChI=1S/C13H16F4N4O/c14-8-5-10(19)9(18)4-7(8)12(22)21-11-3-6(1-2-20-11)13(15,16)17/h1-3,7-10H,4-5,18-19H2,(H,20,21,22). The van der Waals surface area contributed by atoms with Crippen LogP contribution in [0.2, 0.25) is 0 Å². The molecule has 122 valence electrons. The Hall–Kier alpha value is -1.74. The van der Waals surface area contributed by atoms with E-state index in [4.69, 9.17) is 11.5 Å². The third-order valence-electron chi connectivity index (χ3n) is 3.69. The van der Waals surface area contributed by atoms with E-state index >= 15 is 0 Å². The van der Waals surface area contributed by atoms with Crippen molar-refractivity contribution >= 4 is 11.7 Å². The number of carbonyl (C=O) groups is 1. The second-order valence-corrected chi connectivity index (χ2v) is 5.34. The van der Waals surface area contributed by atoms with Gasteiger partial charge in [0.05, 0.1) is 11.5 Å². The van der Waals surface area contributed by atoms with Gasteiger partial charge in [-0.1, -0.05) is 0 Å². The average Bonchev–Trinajstić information content (AvgIpc) is 2.42. The van der Waals surface area contributed by atoms with Crippen molar-refractivity contribution in [2.75, 3.05) is 5.32 Å². The van der Waals surface area contributed by atoms with Crippen LogP contribution in [0.25, 0.3) is 0 Å². The number of pyridine rings is 1. The second kappa shape index (κ2) is 6.17. The van der Waals surface area contributed by atoms with Crippen LogP contribution in [0.15, 0.2) is 18.3 Å². The molecule has 1 aromatic heterocycles. The molecular weight excluding hydrogens is 304 g/mol. The molecule has 0 radical (unpaired) electrons.